The van der Waals surface area contributed by atoms with Crippen LogP contribution in [0.3, 0.4) is 0 Å². The number of carbonyl (C=O) groups excluding carboxylic acids is 1. The minimum Gasteiger partial charge on any atom is -0.504 e. The third-order valence-electron chi connectivity index (χ3n) is 3.98. The number of furan rings is 1. The summed E-state index contributed by atoms with van der Waals surface area (Å²) in [6, 6.07) is 14.5. The Balaban J connectivity index is 1.73. The number of allylic oxidation sites excluding steroid dienone is 1. The van der Waals surface area contributed by atoms with Crippen LogP contribution in [0.5, 0.6) is 11.5 Å². The van der Waals surface area contributed by atoms with Crippen LogP contribution in [0.15, 0.2) is 65.1 Å². The van der Waals surface area contributed by atoms with Crippen molar-refractivity contribution in [3.8, 4) is 22.8 Å². The van der Waals surface area contributed by atoms with Crippen LogP contribution < -0.4 is 4.74 Å². The van der Waals surface area contributed by atoms with Gasteiger partial charge in [0.25, 0.3) is 0 Å². The Morgan fingerprint density at radius 2 is 1.82 bits per heavy atom. The zero-order chi connectivity index (χ0) is 20.1. The molecule has 6 heteroatoms. The summed E-state index contributed by atoms with van der Waals surface area (Å²) in [5.41, 5.74) is 1.88. The van der Waals surface area contributed by atoms with Crippen LogP contribution in [0.25, 0.3) is 17.4 Å². The van der Waals surface area contributed by atoms with Gasteiger partial charge in [-0.25, -0.2) is 4.79 Å². The Morgan fingerprint density at radius 1 is 1.07 bits per heavy atom. The Morgan fingerprint density at radius 3 is 2.46 bits per heavy atom. The van der Waals surface area contributed by atoms with Crippen LogP contribution in [0.4, 0.5) is 0 Å². The summed E-state index contributed by atoms with van der Waals surface area (Å²) in [6.07, 6.45) is 3.08. The number of carboxylic acids is 1. The summed E-state index contributed by atoms with van der Waals surface area (Å²) < 4.78 is 10.6. The zero-order valence-electron chi connectivity index (χ0n) is 15.1. The van der Waals surface area contributed by atoms with E-state index in [0.717, 1.165) is 5.56 Å². The zero-order valence-corrected chi connectivity index (χ0v) is 15.1. The van der Waals surface area contributed by atoms with Gasteiger partial charge in [-0.05, 0) is 42.8 Å². The number of phenols is 1. The van der Waals surface area contributed by atoms with Crippen LogP contribution in [0, 0.1) is 0 Å². The molecule has 0 aliphatic heterocycles. The van der Waals surface area contributed by atoms with E-state index in [4.69, 9.17) is 14.3 Å². The standard InChI is InChI=1S/C22H18O6/c1-2-27-21-13-14(4-10-18(21)24)3-9-17(23)15-5-7-16(8-6-15)19-11-12-20(28-19)22(25)26/h3-13,24H,2H2,1H3,(H,25,26)/b9-3+. The molecule has 0 fully saturated rings. The van der Waals surface area contributed by atoms with Crippen molar-refractivity contribution in [3.63, 3.8) is 0 Å². The van der Waals surface area contributed by atoms with Gasteiger partial charge in [-0.3, -0.25) is 4.79 Å². The molecular weight excluding hydrogens is 360 g/mol. The van der Waals surface area contributed by atoms with Gasteiger partial charge in [0, 0.05) is 11.1 Å². The van der Waals surface area contributed by atoms with Crippen molar-refractivity contribution in [1.29, 1.82) is 0 Å². The van der Waals surface area contributed by atoms with Crippen molar-refractivity contribution < 1.29 is 29.0 Å². The Kier molecular flexibility index (Phi) is 5.60. The molecule has 28 heavy (non-hydrogen) atoms. The summed E-state index contributed by atoms with van der Waals surface area (Å²) in [7, 11) is 0. The van der Waals surface area contributed by atoms with Crippen LogP contribution in [0.1, 0.15) is 33.4 Å². The van der Waals surface area contributed by atoms with Gasteiger partial charge >= 0.3 is 5.97 Å². The maximum Gasteiger partial charge on any atom is 0.371 e. The second kappa shape index (κ2) is 8.26. The molecule has 3 aromatic rings. The van der Waals surface area contributed by atoms with Crippen LogP contribution in [-0.4, -0.2) is 28.6 Å². The highest BCUT2D eigenvalue weighted by atomic mass is 16.5. The third kappa shape index (κ3) is 4.29. The Labute approximate surface area is 161 Å². The maximum absolute atomic E-state index is 12.4. The summed E-state index contributed by atoms with van der Waals surface area (Å²) in [5, 5.41) is 18.6. The van der Waals surface area contributed by atoms with Crippen molar-refractivity contribution in [2.24, 2.45) is 0 Å². The molecule has 6 nitrogen and oxygen atoms in total. The quantitative estimate of drug-likeness (QED) is 0.459. The molecule has 2 aromatic carbocycles. The Bertz CT molecular complexity index is 1030. The molecule has 0 unspecified atom stereocenters. The van der Waals surface area contributed by atoms with Gasteiger partial charge in [-0.1, -0.05) is 36.4 Å². The van der Waals surface area contributed by atoms with Gasteiger partial charge in [0.2, 0.25) is 5.76 Å². The molecule has 0 saturated carbocycles. The normalized spacial score (nSPS) is 10.9. The maximum atomic E-state index is 12.4. The van der Waals surface area contributed by atoms with E-state index in [1.807, 2.05) is 6.92 Å². The molecule has 0 saturated heterocycles. The van der Waals surface area contributed by atoms with Gasteiger partial charge in [0.15, 0.2) is 17.3 Å². The number of rotatable bonds is 7. The molecule has 1 aromatic heterocycles. The Hall–Kier alpha value is -3.80. The molecule has 2 N–H and O–H groups in total. The van der Waals surface area contributed by atoms with E-state index in [0.29, 0.717) is 29.2 Å². The largest absolute Gasteiger partial charge is 0.504 e. The van der Waals surface area contributed by atoms with Crippen molar-refractivity contribution >= 4 is 17.8 Å². The number of ether oxygens (including phenoxy) is 1. The lowest BCUT2D eigenvalue weighted by atomic mass is 10.1. The van der Waals surface area contributed by atoms with Gasteiger partial charge in [-0.15, -0.1) is 0 Å². The third-order valence-corrected chi connectivity index (χ3v) is 3.98. The van der Waals surface area contributed by atoms with Crippen molar-refractivity contribution in [1.82, 2.24) is 0 Å². The minimum atomic E-state index is -1.13. The monoisotopic (exact) mass is 378 g/mol. The summed E-state index contributed by atoms with van der Waals surface area (Å²) >= 11 is 0. The number of benzene rings is 2. The van der Waals surface area contributed by atoms with Gasteiger partial charge in [0.1, 0.15) is 5.76 Å². The van der Waals surface area contributed by atoms with Gasteiger partial charge in [0.05, 0.1) is 6.61 Å². The average molecular weight is 378 g/mol. The molecule has 142 valence electrons. The van der Waals surface area contributed by atoms with E-state index < -0.39 is 5.97 Å². The number of aromatic carboxylic acids is 1. The first-order valence-electron chi connectivity index (χ1n) is 8.59. The highest BCUT2D eigenvalue weighted by Gasteiger charge is 2.11. The highest BCUT2D eigenvalue weighted by Crippen LogP contribution is 2.27. The molecule has 0 spiro atoms. The molecule has 1 heterocycles. The SMILES string of the molecule is CCOc1cc(/C=C/C(=O)c2ccc(-c3ccc(C(=O)O)o3)cc2)ccc1O. The van der Waals surface area contributed by atoms with Crippen LogP contribution in [-0.2, 0) is 0 Å². The predicted octanol–water partition coefficient (Wildman–Crippen LogP) is 4.65. The number of ketones is 1. The molecule has 0 radical (unpaired) electrons. The van der Waals surface area contributed by atoms with Crippen LogP contribution >= 0.6 is 0 Å². The van der Waals surface area contributed by atoms with Gasteiger partial charge < -0.3 is 19.4 Å². The molecular formula is C22H18O6. The van der Waals surface area contributed by atoms with Crippen molar-refractivity contribution in [2.45, 2.75) is 6.92 Å². The lowest BCUT2D eigenvalue weighted by Crippen LogP contribution is -1.94. The second-order valence-electron chi connectivity index (χ2n) is 5.90. The lowest BCUT2D eigenvalue weighted by Gasteiger charge is -2.06. The smallest absolute Gasteiger partial charge is 0.371 e. The van der Waals surface area contributed by atoms with E-state index in [-0.39, 0.29) is 17.3 Å². The fourth-order valence-corrected chi connectivity index (χ4v) is 2.58. The first-order valence-corrected chi connectivity index (χ1v) is 8.59. The number of carbonyl (C=O) groups is 2. The molecule has 3 rings (SSSR count). The fraction of sp³-hybridized carbons (Fsp3) is 0.0909. The van der Waals surface area contributed by atoms with Crippen LogP contribution in [0.2, 0.25) is 0 Å². The molecule has 0 aliphatic rings. The average Bonchev–Trinajstić information content (AvgIpc) is 3.19. The second-order valence-corrected chi connectivity index (χ2v) is 5.90. The number of aromatic hydroxyl groups is 1. The fourth-order valence-electron chi connectivity index (χ4n) is 2.58. The first-order chi connectivity index (χ1) is 13.5. The van der Waals surface area contributed by atoms with Crippen molar-refractivity contribution in [3.05, 3.63) is 77.6 Å². The summed E-state index contributed by atoms with van der Waals surface area (Å²) in [5.74, 6) is -0.642. The number of phenolic OH excluding ortho intramolecular Hbond substituents is 1. The first kappa shape index (κ1) is 19.0. The minimum absolute atomic E-state index is 0.0462. The van der Waals surface area contributed by atoms with Gasteiger partial charge in [-0.2, -0.15) is 0 Å². The molecule has 0 amide bonds. The van der Waals surface area contributed by atoms with E-state index >= 15 is 0 Å². The predicted molar refractivity (Wildman–Crippen MR) is 104 cm³/mol. The highest BCUT2D eigenvalue weighted by molar-refractivity contribution is 6.07. The van der Waals surface area contributed by atoms with E-state index in [2.05, 4.69) is 0 Å². The van der Waals surface area contributed by atoms with E-state index in [1.165, 1.54) is 18.2 Å². The summed E-state index contributed by atoms with van der Waals surface area (Å²) in [6.45, 7) is 2.25. The topological polar surface area (TPSA) is 97.0 Å². The number of hydrogen-bond acceptors (Lipinski definition) is 5. The van der Waals surface area contributed by atoms with E-state index in [1.54, 1.807) is 48.5 Å². The van der Waals surface area contributed by atoms with E-state index in [9.17, 15) is 14.7 Å². The van der Waals surface area contributed by atoms with Crippen molar-refractivity contribution in [2.75, 3.05) is 6.61 Å². The lowest BCUT2D eigenvalue weighted by molar-refractivity contribution is 0.0663. The number of carboxylic acid groups (broad SMARTS) is 1. The number of hydrogen-bond donors (Lipinski definition) is 2. The molecule has 0 atom stereocenters. The molecule has 0 bridgehead atoms. The molecule has 0 aliphatic carbocycles. The summed E-state index contributed by atoms with van der Waals surface area (Å²) in [4.78, 5) is 23.3.